The number of carboxylic acids is 1. The Hall–Kier alpha value is -0.690. The van der Waals surface area contributed by atoms with Gasteiger partial charge >= 0.3 is 5.97 Å². The Balaban J connectivity index is 1.67. The van der Waals surface area contributed by atoms with E-state index in [2.05, 4.69) is 27.7 Å². The highest BCUT2D eigenvalue weighted by molar-refractivity contribution is 5.66. The predicted molar refractivity (Wildman–Crippen MR) is 139 cm³/mol. The minimum atomic E-state index is -1.53. The van der Waals surface area contributed by atoms with Gasteiger partial charge in [0.05, 0.1) is 11.2 Å². The minimum Gasteiger partial charge on any atom is -0.481 e. The fourth-order valence-electron chi connectivity index (χ4n) is 10.3. The minimum absolute atomic E-state index is 0.0428. The maximum Gasteiger partial charge on any atom is 0.303 e. The van der Waals surface area contributed by atoms with E-state index in [0.29, 0.717) is 30.6 Å². The van der Waals surface area contributed by atoms with Crippen LogP contribution in [0.2, 0.25) is 0 Å². The maximum absolute atomic E-state index is 11.7. The number of fused-ring (bicyclic) bond motifs is 3. The van der Waals surface area contributed by atoms with E-state index in [1.165, 1.54) is 0 Å². The van der Waals surface area contributed by atoms with Crippen molar-refractivity contribution >= 4 is 5.97 Å². The van der Waals surface area contributed by atoms with Crippen LogP contribution in [-0.2, 0) is 9.53 Å². The smallest absolute Gasteiger partial charge is 0.303 e. The van der Waals surface area contributed by atoms with Gasteiger partial charge < -0.3 is 25.2 Å². The largest absolute Gasteiger partial charge is 0.481 e. The highest BCUT2D eigenvalue weighted by atomic mass is 16.7. The van der Waals surface area contributed by atoms with Gasteiger partial charge in [-0.05, 0) is 126 Å². The first-order chi connectivity index (χ1) is 16.2. The maximum atomic E-state index is 11.7. The van der Waals surface area contributed by atoms with Crippen molar-refractivity contribution in [2.45, 2.75) is 142 Å². The molecule has 4 N–H and O–H groups in total. The molecule has 1 aliphatic heterocycles. The quantitative estimate of drug-likeness (QED) is 0.377. The van der Waals surface area contributed by atoms with Crippen molar-refractivity contribution in [3.63, 3.8) is 0 Å². The Kier molecular flexibility index (Phi) is 6.61. The molecule has 3 aliphatic carbocycles. The van der Waals surface area contributed by atoms with Crippen LogP contribution < -0.4 is 0 Å². The standard InChI is InChI=1S/C30H52O6/c1-24(2,33)21-12-16-28(7)22(26(21,5)14-13-23(31)32)10-9-19-20(11-15-27(19,28)6)29(8)17-18-30(35,36-29)25(3,4)34/h19-22,33-35H,9-18H2,1-8H3,(H,31,32)/t19-,20+,21+,22+,26+,27-,28-,29+,30-/m1/s1. The van der Waals surface area contributed by atoms with Gasteiger partial charge in [0.2, 0.25) is 0 Å². The lowest BCUT2D eigenvalue weighted by atomic mass is 9.37. The van der Waals surface area contributed by atoms with E-state index in [1.807, 2.05) is 13.8 Å². The lowest BCUT2D eigenvalue weighted by Gasteiger charge is -2.67. The van der Waals surface area contributed by atoms with Gasteiger partial charge in [0, 0.05) is 12.8 Å². The van der Waals surface area contributed by atoms with E-state index in [0.717, 1.165) is 44.9 Å². The molecule has 0 spiro atoms. The monoisotopic (exact) mass is 508 g/mol. The fraction of sp³-hybridized carbons (Fsp3) is 0.967. The van der Waals surface area contributed by atoms with E-state index in [4.69, 9.17) is 4.74 Å². The summed E-state index contributed by atoms with van der Waals surface area (Å²) in [5.74, 6) is -1.10. The SMILES string of the molecule is CC(C)(O)[C@@H]1CC[C@]2(C)[C@@H](CC[C@@H]3[C@@H]([C@]4(C)CC[C@](O)(C(C)(C)O)O4)CC[C@]32C)[C@@]1(C)CCC(=O)O. The molecule has 36 heavy (non-hydrogen) atoms. The topological polar surface area (TPSA) is 107 Å². The second-order valence-electron chi connectivity index (χ2n) is 15.1. The second-order valence-corrected chi connectivity index (χ2v) is 15.1. The zero-order chi connectivity index (χ0) is 27.2. The first-order valence-electron chi connectivity index (χ1n) is 14.3. The number of hydrogen-bond acceptors (Lipinski definition) is 5. The molecule has 3 saturated carbocycles. The van der Waals surface area contributed by atoms with Crippen LogP contribution in [0.3, 0.4) is 0 Å². The summed E-state index contributed by atoms with van der Waals surface area (Å²) in [5, 5.41) is 42.6. The number of rotatable bonds is 6. The van der Waals surface area contributed by atoms with Gasteiger partial charge in [-0.1, -0.05) is 20.8 Å². The van der Waals surface area contributed by atoms with Gasteiger partial charge in [0.25, 0.3) is 0 Å². The van der Waals surface area contributed by atoms with E-state index in [9.17, 15) is 25.2 Å². The summed E-state index contributed by atoms with van der Waals surface area (Å²) in [6.45, 7) is 16.4. The molecule has 1 heterocycles. The number of aliphatic carboxylic acids is 1. The molecule has 0 unspecified atom stereocenters. The summed E-state index contributed by atoms with van der Waals surface area (Å²) in [6, 6.07) is 0. The predicted octanol–water partition coefficient (Wildman–Crippen LogP) is 5.52. The first-order valence-corrected chi connectivity index (χ1v) is 14.3. The molecule has 0 amide bonds. The summed E-state index contributed by atoms with van der Waals surface area (Å²) in [4.78, 5) is 11.7. The van der Waals surface area contributed by atoms with Crippen molar-refractivity contribution in [3.05, 3.63) is 0 Å². The molecule has 4 aliphatic rings. The number of aliphatic hydroxyl groups is 3. The van der Waals surface area contributed by atoms with Crippen LogP contribution in [0.4, 0.5) is 0 Å². The van der Waals surface area contributed by atoms with Gasteiger partial charge in [0.15, 0.2) is 5.79 Å². The van der Waals surface area contributed by atoms with Gasteiger partial charge in [-0.15, -0.1) is 0 Å². The molecule has 0 aromatic rings. The summed E-state index contributed by atoms with van der Waals surface area (Å²) in [7, 11) is 0. The zero-order valence-corrected chi connectivity index (χ0v) is 24.0. The van der Waals surface area contributed by atoms with E-state index in [-0.39, 0.29) is 28.6 Å². The molecule has 0 aromatic heterocycles. The average Bonchev–Trinajstić information content (AvgIpc) is 3.25. The van der Waals surface area contributed by atoms with Crippen LogP contribution in [0.1, 0.15) is 120 Å². The highest BCUT2D eigenvalue weighted by Gasteiger charge is 2.69. The van der Waals surface area contributed by atoms with Crippen LogP contribution >= 0.6 is 0 Å². The molecule has 4 rings (SSSR count). The molecule has 6 nitrogen and oxygen atoms in total. The molecule has 9 atom stereocenters. The third kappa shape index (κ3) is 3.99. The molecule has 4 fully saturated rings. The van der Waals surface area contributed by atoms with Crippen LogP contribution in [0, 0.1) is 39.9 Å². The zero-order valence-electron chi connectivity index (χ0n) is 24.0. The fourth-order valence-corrected chi connectivity index (χ4v) is 10.3. The average molecular weight is 509 g/mol. The Labute approximate surface area is 218 Å². The Bertz CT molecular complexity index is 874. The Morgan fingerprint density at radius 2 is 1.47 bits per heavy atom. The molecule has 0 bridgehead atoms. The van der Waals surface area contributed by atoms with E-state index in [1.54, 1.807) is 13.8 Å². The molecule has 6 heteroatoms. The number of hydrogen-bond donors (Lipinski definition) is 4. The Morgan fingerprint density at radius 1 is 0.861 bits per heavy atom. The van der Waals surface area contributed by atoms with Crippen molar-refractivity contribution in [3.8, 4) is 0 Å². The highest BCUT2D eigenvalue weighted by Crippen LogP contribution is 2.74. The molecular weight excluding hydrogens is 456 g/mol. The second kappa shape index (κ2) is 8.40. The van der Waals surface area contributed by atoms with Crippen LogP contribution in [0.25, 0.3) is 0 Å². The third-order valence-corrected chi connectivity index (χ3v) is 12.5. The first kappa shape index (κ1) is 28.3. The summed E-state index contributed by atoms with van der Waals surface area (Å²) >= 11 is 0. The van der Waals surface area contributed by atoms with Crippen LogP contribution in [0.5, 0.6) is 0 Å². The van der Waals surface area contributed by atoms with E-state index < -0.39 is 28.6 Å². The molecular formula is C30H52O6. The molecule has 0 radical (unpaired) electrons. The van der Waals surface area contributed by atoms with Crippen molar-refractivity contribution < 1.29 is 30.0 Å². The third-order valence-electron chi connectivity index (χ3n) is 12.5. The van der Waals surface area contributed by atoms with Gasteiger partial charge in [-0.25, -0.2) is 0 Å². The number of carboxylic acid groups (broad SMARTS) is 1. The lowest BCUT2D eigenvalue weighted by Crippen LogP contribution is -2.62. The summed E-state index contributed by atoms with van der Waals surface area (Å²) < 4.78 is 6.42. The van der Waals surface area contributed by atoms with E-state index >= 15 is 0 Å². The molecule has 0 aromatic carbocycles. The Morgan fingerprint density at radius 3 is 2.00 bits per heavy atom. The van der Waals surface area contributed by atoms with Crippen molar-refractivity contribution in [2.75, 3.05) is 0 Å². The van der Waals surface area contributed by atoms with Crippen molar-refractivity contribution in [2.24, 2.45) is 39.9 Å². The lowest BCUT2D eigenvalue weighted by molar-refractivity contribution is -0.306. The van der Waals surface area contributed by atoms with Crippen LogP contribution in [0.15, 0.2) is 0 Å². The van der Waals surface area contributed by atoms with Crippen LogP contribution in [-0.4, -0.2) is 49.0 Å². The van der Waals surface area contributed by atoms with Crippen molar-refractivity contribution in [1.29, 1.82) is 0 Å². The van der Waals surface area contributed by atoms with Crippen molar-refractivity contribution in [1.82, 2.24) is 0 Å². The normalized spacial score (nSPS) is 49.5. The summed E-state index contributed by atoms with van der Waals surface area (Å²) in [6.07, 6.45) is 8.09. The van der Waals surface area contributed by atoms with Gasteiger partial charge in [-0.3, -0.25) is 4.79 Å². The van der Waals surface area contributed by atoms with Gasteiger partial charge in [0.1, 0.15) is 5.60 Å². The number of carbonyl (C=O) groups is 1. The molecule has 208 valence electrons. The number of ether oxygens (including phenoxy) is 1. The molecule has 1 saturated heterocycles. The van der Waals surface area contributed by atoms with Gasteiger partial charge in [-0.2, -0.15) is 0 Å². The summed E-state index contributed by atoms with van der Waals surface area (Å²) in [5.41, 5.74) is -2.77.